The third-order valence-electron chi connectivity index (χ3n) is 3.68. The van der Waals surface area contributed by atoms with Crippen LogP contribution in [0.1, 0.15) is 46.0 Å². The molecule has 1 aliphatic heterocycles. The van der Waals surface area contributed by atoms with Crippen LogP contribution in [0.15, 0.2) is 0 Å². The van der Waals surface area contributed by atoms with Crippen LogP contribution in [0.2, 0.25) is 0 Å². The highest BCUT2D eigenvalue weighted by atomic mass is 15.0. The summed E-state index contributed by atoms with van der Waals surface area (Å²) in [6.07, 6.45) is 6.95. The average Bonchev–Trinajstić information content (AvgIpc) is 2.87. The molecule has 2 fully saturated rings. The van der Waals surface area contributed by atoms with Crippen molar-refractivity contribution in [2.24, 2.45) is 5.92 Å². The van der Waals surface area contributed by atoms with Gasteiger partial charge >= 0.3 is 0 Å². The third kappa shape index (κ3) is 2.96. The fourth-order valence-corrected chi connectivity index (χ4v) is 2.63. The van der Waals surface area contributed by atoms with Crippen molar-refractivity contribution in [2.75, 3.05) is 6.54 Å². The summed E-state index contributed by atoms with van der Waals surface area (Å²) in [6, 6.07) is 2.21. The molecule has 0 spiro atoms. The van der Waals surface area contributed by atoms with Crippen molar-refractivity contribution in [3.63, 3.8) is 0 Å². The van der Waals surface area contributed by atoms with E-state index < -0.39 is 0 Å². The number of hydrogen-bond acceptors (Lipinski definition) is 2. The minimum absolute atomic E-state index is 0.682. The van der Waals surface area contributed by atoms with Gasteiger partial charge in [0.2, 0.25) is 0 Å². The highest BCUT2D eigenvalue weighted by molar-refractivity contribution is 4.86. The molecule has 0 aromatic heterocycles. The first kappa shape index (κ1) is 10.4. The summed E-state index contributed by atoms with van der Waals surface area (Å²) in [5, 5.41) is 7.29. The Morgan fingerprint density at radius 2 is 2.07 bits per heavy atom. The standard InChI is InChI=1S/C12H24N2/c1-9(8-12-4-3-7-13-12)14-10(2)11-5-6-11/h9-14H,3-8H2,1-2H3. The van der Waals surface area contributed by atoms with Gasteiger partial charge in [0.1, 0.15) is 0 Å². The van der Waals surface area contributed by atoms with Crippen molar-refractivity contribution in [1.82, 2.24) is 10.6 Å². The molecule has 1 saturated heterocycles. The maximum atomic E-state index is 3.73. The maximum Gasteiger partial charge on any atom is 0.00822 e. The predicted octanol–water partition coefficient (Wildman–Crippen LogP) is 1.91. The van der Waals surface area contributed by atoms with Crippen molar-refractivity contribution < 1.29 is 0 Å². The van der Waals surface area contributed by atoms with Crippen LogP contribution in [0.25, 0.3) is 0 Å². The normalized spacial score (nSPS) is 31.7. The lowest BCUT2D eigenvalue weighted by Gasteiger charge is -2.22. The first-order valence-corrected chi connectivity index (χ1v) is 6.25. The predicted molar refractivity (Wildman–Crippen MR) is 60.4 cm³/mol. The lowest BCUT2D eigenvalue weighted by atomic mass is 10.1. The van der Waals surface area contributed by atoms with Crippen LogP contribution in [0.5, 0.6) is 0 Å². The Labute approximate surface area is 87.8 Å². The van der Waals surface area contributed by atoms with Crippen molar-refractivity contribution in [2.45, 2.75) is 64.1 Å². The third-order valence-corrected chi connectivity index (χ3v) is 3.68. The van der Waals surface area contributed by atoms with E-state index in [2.05, 4.69) is 24.5 Å². The topological polar surface area (TPSA) is 24.1 Å². The van der Waals surface area contributed by atoms with Gasteiger partial charge in [-0.15, -0.1) is 0 Å². The molecule has 82 valence electrons. The molecule has 2 N–H and O–H groups in total. The van der Waals surface area contributed by atoms with Gasteiger partial charge in [-0.3, -0.25) is 0 Å². The van der Waals surface area contributed by atoms with Crippen LogP contribution >= 0.6 is 0 Å². The Morgan fingerprint density at radius 1 is 1.29 bits per heavy atom. The molecule has 0 bridgehead atoms. The zero-order chi connectivity index (χ0) is 9.97. The number of nitrogens with one attached hydrogen (secondary N) is 2. The first-order valence-electron chi connectivity index (χ1n) is 6.25. The molecule has 14 heavy (non-hydrogen) atoms. The first-order chi connectivity index (χ1) is 6.75. The van der Waals surface area contributed by atoms with Crippen molar-refractivity contribution >= 4 is 0 Å². The number of hydrogen-bond donors (Lipinski definition) is 2. The Morgan fingerprint density at radius 3 is 2.64 bits per heavy atom. The van der Waals surface area contributed by atoms with Gasteiger partial charge in [-0.05, 0) is 58.4 Å². The summed E-state index contributed by atoms with van der Waals surface area (Å²) in [5.41, 5.74) is 0. The molecule has 2 nitrogen and oxygen atoms in total. The summed E-state index contributed by atoms with van der Waals surface area (Å²) in [4.78, 5) is 0. The van der Waals surface area contributed by atoms with E-state index in [-0.39, 0.29) is 0 Å². The highest BCUT2D eigenvalue weighted by Crippen LogP contribution is 2.32. The fraction of sp³-hybridized carbons (Fsp3) is 1.00. The monoisotopic (exact) mass is 196 g/mol. The summed E-state index contributed by atoms with van der Waals surface area (Å²) in [6.45, 7) is 5.91. The van der Waals surface area contributed by atoms with Gasteiger partial charge in [-0.2, -0.15) is 0 Å². The van der Waals surface area contributed by atoms with E-state index in [0.29, 0.717) is 6.04 Å². The van der Waals surface area contributed by atoms with Crippen LogP contribution in [0, 0.1) is 5.92 Å². The Balaban J connectivity index is 1.63. The quantitative estimate of drug-likeness (QED) is 0.702. The van der Waals surface area contributed by atoms with Gasteiger partial charge in [-0.25, -0.2) is 0 Å². The van der Waals surface area contributed by atoms with Crippen molar-refractivity contribution in [1.29, 1.82) is 0 Å². The summed E-state index contributed by atoms with van der Waals surface area (Å²) in [7, 11) is 0. The Kier molecular flexibility index (Phi) is 3.45. The van der Waals surface area contributed by atoms with E-state index in [9.17, 15) is 0 Å². The molecule has 0 aromatic rings. The second-order valence-electron chi connectivity index (χ2n) is 5.22. The van der Waals surface area contributed by atoms with Crippen molar-refractivity contribution in [3.8, 4) is 0 Å². The van der Waals surface area contributed by atoms with Gasteiger partial charge in [0.15, 0.2) is 0 Å². The molecular formula is C12H24N2. The molecular weight excluding hydrogens is 172 g/mol. The molecule has 1 saturated carbocycles. The molecule has 1 aliphatic carbocycles. The Hall–Kier alpha value is -0.0800. The smallest absolute Gasteiger partial charge is 0.00822 e. The van der Waals surface area contributed by atoms with Crippen molar-refractivity contribution in [3.05, 3.63) is 0 Å². The second kappa shape index (κ2) is 4.63. The zero-order valence-electron chi connectivity index (χ0n) is 9.55. The van der Waals surface area contributed by atoms with Gasteiger partial charge in [0.05, 0.1) is 0 Å². The maximum absolute atomic E-state index is 3.73. The molecule has 1 heterocycles. The molecule has 0 aromatic carbocycles. The molecule has 3 atom stereocenters. The van der Waals surface area contributed by atoms with Crippen LogP contribution < -0.4 is 10.6 Å². The molecule has 2 heteroatoms. The van der Waals surface area contributed by atoms with E-state index in [1.807, 2.05) is 0 Å². The van der Waals surface area contributed by atoms with Gasteiger partial charge in [0.25, 0.3) is 0 Å². The summed E-state index contributed by atoms with van der Waals surface area (Å²) >= 11 is 0. The van der Waals surface area contributed by atoms with Crippen LogP contribution in [-0.4, -0.2) is 24.7 Å². The fourth-order valence-electron chi connectivity index (χ4n) is 2.63. The highest BCUT2D eigenvalue weighted by Gasteiger charge is 2.29. The van der Waals surface area contributed by atoms with E-state index in [1.54, 1.807) is 0 Å². The van der Waals surface area contributed by atoms with E-state index in [0.717, 1.165) is 18.0 Å². The minimum Gasteiger partial charge on any atom is -0.314 e. The molecule has 3 unspecified atom stereocenters. The molecule has 0 radical (unpaired) electrons. The molecule has 2 rings (SSSR count). The van der Waals surface area contributed by atoms with E-state index in [4.69, 9.17) is 0 Å². The minimum atomic E-state index is 0.682. The lowest BCUT2D eigenvalue weighted by Crippen LogP contribution is -2.39. The van der Waals surface area contributed by atoms with E-state index >= 15 is 0 Å². The summed E-state index contributed by atoms with van der Waals surface area (Å²) in [5.74, 6) is 0.981. The molecule has 2 aliphatic rings. The van der Waals surface area contributed by atoms with Crippen LogP contribution in [0.4, 0.5) is 0 Å². The van der Waals surface area contributed by atoms with Gasteiger partial charge < -0.3 is 10.6 Å². The van der Waals surface area contributed by atoms with Crippen LogP contribution in [0.3, 0.4) is 0 Å². The summed E-state index contributed by atoms with van der Waals surface area (Å²) < 4.78 is 0. The second-order valence-corrected chi connectivity index (χ2v) is 5.22. The Bertz CT molecular complexity index is 167. The van der Waals surface area contributed by atoms with E-state index in [1.165, 1.54) is 38.6 Å². The average molecular weight is 196 g/mol. The zero-order valence-corrected chi connectivity index (χ0v) is 9.55. The van der Waals surface area contributed by atoms with Gasteiger partial charge in [-0.1, -0.05) is 0 Å². The number of rotatable bonds is 5. The lowest BCUT2D eigenvalue weighted by molar-refractivity contribution is 0.382. The van der Waals surface area contributed by atoms with Gasteiger partial charge in [0, 0.05) is 18.1 Å². The van der Waals surface area contributed by atoms with Crippen LogP contribution in [-0.2, 0) is 0 Å². The SMILES string of the molecule is CC(CC1CCCN1)NC(C)C1CC1. The molecule has 0 amide bonds. The largest absolute Gasteiger partial charge is 0.314 e.